The van der Waals surface area contributed by atoms with Gasteiger partial charge in [0.25, 0.3) is 5.92 Å². The number of nitrogens with zero attached hydrogens (tertiary/aromatic N) is 2. The molecule has 0 aliphatic heterocycles. The fraction of sp³-hybridized carbons (Fsp3) is 0.824. The van der Waals surface area contributed by atoms with Crippen LogP contribution in [0, 0.1) is 18.3 Å². The number of alkyl halides is 2. The number of aliphatic hydroxyl groups excluding tert-OH is 1. The first-order valence-corrected chi connectivity index (χ1v) is 15.7. The number of aliphatic hydroxyl groups is 1. The quantitative estimate of drug-likeness (QED) is 0.209. The summed E-state index contributed by atoms with van der Waals surface area (Å²) in [4.78, 5) is 8.97. The third-order valence-corrected chi connectivity index (χ3v) is 7.61. The number of aryl methyl sites for hydroxylation is 1. The second-order valence-corrected chi connectivity index (χ2v) is 13.2. The maximum atomic E-state index is 14.0. The number of allylic oxidation sites excluding steroid dienone is 1. The van der Waals surface area contributed by atoms with Crippen LogP contribution in [0.15, 0.2) is 11.8 Å². The Balaban J connectivity index is 0.00000373. The summed E-state index contributed by atoms with van der Waals surface area (Å²) < 4.78 is 40.5. The second-order valence-electron chi connectivity index (χ2n) is 13.2. The summed E-state index contributed by atoms with van der Waals surface area (Å²) in [5.41, 5.74) is 0.663. The van der Waals surface area contributed by atoms with E-state index < -0.39 is 17.4 Å². The molecule has 240 valence electrons. The zero-order valence-electron chi connectivity index (χ0n) is 28.5. The molecular weight excluding hydrogens is 522 g/mol. The van der Waals surface area contributed by atoms with Crippen LogP contribution in [0.25, 0.3) is 6.08 Å². The van der Waals surface area contributed by atoms with Gasteiger partial charge in [-0.15, -0.1) is 0 Å². The average molecular weight is 585 g/mol. The molecule has 7 heteroatoms. The highest BCUT2D eigenvalue weighted by molar-refractivity contribution is 5.52. The molecule has 2 unspecified atom stereocenters. The Morgan fingerprint density at radius 1 is 0.976 bits per heavy atom. The van der Waals surface area contributed by atoms with E-state index in [9.17, 15) is 13.9 Å². The number of unbranched alkanes of at least 4 members (excludes halogenated alkanes) is 1. The number of hydrogen-bond acceptors (Lipinski definition) is 5. The van der Waals surface area contributed by atoms with Crippen LogP contribution in [-0.4, -0.2) is 45.4 Å². The standard InChI is InChI=1S/C30H52F2N2O3.C4H10/c1-12-14-23(19-36-28(6,7)8)27(37-20(2)3)16-13-15-26(35)25-18-33-24(22(5)34-25)17-21(4)29(9,10)30(11,31)32;1-3-4-2/h17-18,20,23,26-27,35H,12-16,19H2,1-11H3;3-4H2,1-2H3/b21-17+;/t23-,26?,27?;/m0./s1. The SMILES string of the molecule is CCCC.CCC[C@@H](COC(C)(C)C)C(CCCC(O)c1cnc(/C=C(\C)C(C)(C)C(C)(F)F)c(C)n1)OC(C)C. The molecule has 1 rings (SSSR count). The molecule has 0 aliphatic carbocycles. The van der Waals surface area contributed by atoms with Crippen LogP contribution in [0.3, 0.4) is 0 Å². The van der Waals surface area contributed by atoms with Gasteiger partial charge in [-0.2, -0.15) is 0 Å². The van der Waals surface area contributed by atoms with Gasteiger partial charge in [0.05, 0.1) is 53.8 Å². The fourth-order valence-corrected chi connectivity index (χ4v) is 4.07. The van der Waals surface area contributed by atoms with Crippen molar-refractivity contribution in [3.05, 3.63) is 28.9 Å². The third-order valence-electron chi connectivity index (χ3n) is 7.61. The number of aromatic nitrogens is 2. The summed E-state index contributed by atoms with van der Waals surface area (Å²) in [6.45, 7) is 24.9. The molecule has 1 aromatic heterocycles. The minimum Gasteiger partial charge on any atom is -0.387 e. The molecule has 1 aromatic rings. The third kappa shape index (κ3) is 15.0. The van der Waals surface area contributed by atoms with Crippen LogP contribution in [0.4, 0.5) is 8.78 Å². The fourth-order valence-electron chi connectivity index (χ4n) is 4.07. The van der Waals surface area contributed by atoms with Gasteiger partial charge in [-0.3, -0.25) is 9.97 Å². The van der Waals surface area contributed by atoms with Gasteiger partial charge in [-0.05, 0) is 80.2 Å². The molecule has 0 spiro atoms. The largest absolute Gasteiger partial charge is 0.387 e. The van der Waals surface area contributed by atoms with Crippen LogP contribution in [0.5, 0.6) is 0 Å². The van der Waals surface area contributed by atoms with Crippen LogP contribution in [0.1, 0.15) is 151 Å². The molecule has 0 bridgehead atoms. The monoisotopic (exact) mass is 584 g/mol. The van der Waals surface area contributed by atoms with E-state index in [4.69, 9.17) is 9.47 Å². The Hall–Kier alpha value is -1.44. The molecule has 1 heterocycles. The van der Waals surface area contributed by atoms with Gasteiger partial charge in [0.1, 0.15) is 0 Å². The highest BCUT2D eigenvalue weighted by atomic mass is 19.3. The predicted molar refractivity (Wildman–Crippen MR) is 168 cm³/mol. The molecule has 0 aromatic carbocycles. The van der Waals surface area contributed by atoms with E-state index in [1.807, 2.05) is 13.8 Å². The molecule has 0 saturated carbocycles. The normalized spacial score (nSPS) is 15.4. The van der Waals surface area contributed by atoms with Gasteiger partial charge in [-0.25, -0.2) is 8.78 Å². The smallest absolute Gasteiger partial charge is 0.254 e. The van der Waals surface area contributed by atoms with Gasteiger partial charge in [0.15, 0.2) is 0 Å². The van der Waals surface area contributed by atoms with E-state index in [0.717, 1.165) is 32.6 Å². The highest BCUT2D eigenvalue weighted by Crippen LogP contribution is 2.42. The van der Waals surface area contributed by atoms with Crippen molar-refractivity contribution >= 4 is 6.08 Å². The number of halogens is 2. The summed E-state index contributed by atoms with van der Waals surface area (Å²) in [5.74, 6) is -2.57. The number of hydrogen-bond donors (Lipinski definition) is 1. The van der Waals surface area contributed by atoms with Gasteiger partial charge >= 0.3 is 0 Å². The zero-order chi connectivity index (χ0) is 32.0. The van der Waals surface area contributed by atoms with Crippen molar-refractivity contribution in [3.8, 4) is 0 Å². The minimum absolute atomic E-state index is 0.0536. The van der Waals surface area contributed by atoms with Crippen LogP contribution in [-0.2, 0) is 9.47 Å². The van der Waals surface area contributed by atoms with Crippen LogP contribution in [0.2, 0.25) is 0 Å². The Labute approximate surface area is 250 Å². The Morgan fingerprint density at radius 3 is 2.00 bits per heavy atom. The van der Waals surface area contributed by atoms with E-state index in [1.165, 1.54) is 26.7 Å². The average Bonchev–Trinajstić information content (AvgIpc) is 2.85. The van der Waals surface area contributed by atoms with Gasteiger partial charge in [0, 0.05) is 18.3 Å². The van der Waals surface area contributed by atoms with E-state index in [-0.39, 0.29) is 17.8 Å². The molecule has 3 atom stereocenters. The van der Waals surface area contributed by atoms with Crippen molar-refractivity contribution in [1.29, 1.82) is 0 Å². The molecule has 1 N–H and O–H groups in total. The molecule has 41 heavy (non-hydrogen) atoms. The van der Waals surface area contributed by atoms with Crippen molar-refractivity contribution < 1.29 is 23.4 Å². The van der Waals surface area contributed by atoms with E-state index >= 15 is 0 Å². The molecule has 0 fully saturated rings. The lowest BCUT2D eigenvalue weighted by molar-refractivity contribution is -0.0864. The topological polar surface area (TPSA) is 64.5 Å². The van der Waals surface area contributed by atoms with E-state index in [2.05, 4.69) is 51.5 Å². The van der Waals surface area contributed by atoms with Crippen molar-refractivity contribution in [2.24, 2.45) is 11.3 Å². The number of rotatable bonds is 16. The Bertz CT molecular complexity index is 887. The summed E-state index contributed by atoms with van der Waals surface area (Å²) in [6.07, 6.45) is 9.47. The van der Waals surface area contributed by atoms with Crippen molar-refractivity contribution in [2.75, 3.05) is 6.61 Å². The molecule has 0 aliphatic rings. The lowest BCUT2D eigenvalue weighted by Gasteiger charge is -2.32. The van der Waals surface area contributed by atoms with Crippen molar-refractivity contribution in [3.63, 3.8) is 0 Å². The second kappa shape index (κ2) is 18.3. The van der Waals surface area contributed by atoms with Gasteiger partial charge in [0.2, 0.25) is 0 Å². The molecule has 0 amide bonds. The highest BCUT2D eigenvalue weighted by Gasteiger charge is 2.43. The molecule has 5 nitrogen and oxygen atoms in total. The number of ether oxygens (including phenoxy) is 2. The predicted octanol–water partition coefficient (Wildman–Crippen LogP) is 9.90. The van der Waals surface area contributed by atoms with E-state index in [0.29, 0.717) is 41.6 Å². The van der Waals surface area contributed by atoms with Gasteiger partial charge in [-0.1, -0.05) is 59.5 Å². The van der Waals surface area contributed by atoms with Crippen LogP contribution >= 0.6 is 0 Å². The maximum Gasteiger partial charge on any atom is 0.254 e. The summed E-state index contributed by atoms with van der Waals surface area (Å²) >= 11 is 0. The Kier molecular flexibility index (Phi) is 17.6. The van der Waals surface area contributed by atoms with Crippen molar-refractivity contribution in [1.82, 2.24) is 9.97 Å². The van der Waals surface area contributed by atoms with Crippen LogP contribution < -0.4 is 0 Å². The van der Waals surface area contributed by atoms with E-state index in [1.54, 1.807) is 26.1 Å². The Morgan fingerprint density at radius 2 is 1.56 bits per heavy atom. The first-order chi connectivity index (χ1) is 18.8. The van der Waals surface area contributed by atoms with Gasteiger partial charge < -0.3 is 14.6 Å². The zero-order valence-corrected chi connectivity index (χ0v) is 28.5. The lowest BCUT2D eigenvalue weighted by Crippen LogP contribution is -2.34. The minimum atomic E-state index is -2.86. The molecular formula is C34H62F2N2O3. The summed E-state index contributed by atoms with van der Waals surface area (Å²) in [6, 6.07) is 0. The summed E-state index contributed by atoms with van der Waals surface area (Å²) in [5, 5.41) is 10.8. The first-order valence-electron chi connectivity index (χ1n) is 15.7. The molecule has 0 radical (unpaired) electrons. The summed E-state index contributed by atoms with van der Waals surface area (Å²) in [7, 11) is 0. The lowest BCUT2D eigenvalue weighted by atomic mass is 9.79. The first kappa shape index (κ1) is 39.6. The maximum absolute atomic E-state index is 14.0. The molecule has 0 saturated heterocycles. The van der Waals surface area contributed by atoms with Crippen molar-refractivity contribution in [2.45, 2.75) is 165 Å².